The lowest BCUT2D eigenvalue weighted by atomic mass is 9.99. The SMILES string of the molecule is Cc1occc1C(Cc1cccc(F)c1F)NN. The highest BCUT2D eigenvalue weighted by Crippen LogP contribution is 2.23. The van der Waals surface area contributed by atoms with Gasteiger partial charge >= 0.3 is 0 Å². The molecule has 1 heterocycles. The first-order valence-corrected chi connectivity index (χ1v) is 5.56. The molecule has 0 aliphatic carbocycles. The van der Waals surface area contributed by atoms with Crippen molar-refractivity contribution in [3.63, 3.8) is 0 Å². The number of aryl methyl sites for hydroxylation is 1. The Morgan fingerprint density at radius 1 is 1.33 bits per heavy atom. The highest BCUT2D eigenvalue weighted by atomic mass is 19.2. The number of rotatable bonds is 4. The van der Waals surface area contributed by atoms with Gasteiger partial charge in [-0.25, -0.2) is 8.78 Å². The number of hydrogen-bond acceptors (Lipinski definition) is 3. The van der Waals surface area contributed by atoms with Crippen molar-refractivity contribution in [2.75, 3.05) is 0 Å². The maximum atomic E-state index is 13.6. The van der Waals surface area contributed by atoms with Gasteiger partial charge in [0.15, 0.2) is 11.6 Å². The molecule has 3 nitrogen and oxygen atoms in total. The lowest BCUT2D eigenvalue weighted by Gasteiger charge is -2.15. The summed E-state index contributed by atoms with van der Waals surface area (Å²) in [5, 5.41) is 0. The van der Waals surface area contributed by atoms with Crippen molar-refractivity contribution in [2.45, 2.75) is 19.4 Å². The van der Waals surface area contributed by atoms with Gasteiger partial charge < -0.3 is 4.42 Å². The van der Waals surface area contributed by atoms with Crippen LogP contribution in [0, 0.1) is 18.6 Å². The minimum absolute atomic E-state index is 0.250. The fourth-order valence-electron chi connectivity index (χ4n) is 1.94. The first kappa shape index (κ1) is 12.7. The zero-order valence-corrected chi connectivity index (χ0v) is 9.91. The summed E-state index contributed by atoms with van der Waals surface area (Å²) in [6.07, 6.45) is 1.79. The largest absolute Gasteiger partial charge is 0.469 e. The van der Waals surface area contributed by atoms with Crippen molar-refractivity contribution in [2.24, 2.45) is 5.84 Å². The number of halogens is 2. The smallest absolute Gasteiger partial charge is 0.162 e. The molecule has 0 fully saturated rings. The van der Waals surface area contributed by atoms with Gasteiger partial charge in [-0.15, -0.1) is 0 Å². The maximum Gasteiger partial charge on any atom is 0.162 e. The molecule has 1 aromatic carbocycles. The molecule has 5 heteroatoms. The third-order valence-electron chi connectivity index (χ3n) is 2.93. The van der Waals surface area contributed by atoms with Crippen LogP contribution >= 0.6 is 0 Å². The molecule has 0 bridgehead atoms. The van der Waals surface area contributed by atoms with Crippen molar-refractivity contribution >= 4 is 0 Å². The predicted molar refractivity (Wildman–Crippen MR) is 63.6 cm³/mol. The molecule has 0 aliphatic rings. The number of nitrogens with one attached hydrogen (secondary N) is 1. The first-order chi connectivity index (χ1) is 8.63. The van der Waals surface area contributed by atoms with Crippen LogP contribution in [0.2, 0.25) is 0 Å². The minimum Gasteiger partial charge on any atom is -0.469 e. The molecule has 0 spiro atoms. The Labute approximate surface area is 104 Å². The summed E-state index contributed by atoms with van der Waals surface area (Å²) in [7, 11) is 0. The molecule has 1 aromatic heterocycles. The summed E-state index contributed by atoms with van der Waals surface area (Å²) < 4.78 is 31.9. The van der Waals surface area contributed by atoms with E-state index in [2.05, 4.69) is 5.43 Å². The van der Waals surface area contributed by atoms with Crippen LogP contribution in [-0.2, 0) is 6.42 Å². The van der Waals surface area contributed by atoms with Gasteiger partial charge in [0, 0.05) is 5.56 Å². The van der Waals surface area contributed by atoms with Crippen LogP contribution < -0.4 is 11.3 Å². The summed E-state index contributed by atoms with van der Waals surface area (Å²) in [6, 6.07) is 5.55. The standard InChI is InChI=1S/C13H14F2N2O/c1-8-10(5-6-18-8)12(17-16)7-9-3-2-4-11(14)13(9)15/h2-6,12,17H,7,16H2,1H3. The zero-order chi connectivity index (χ0) is 13.1. The molecule has 1 unspecified atom stereocenters. The van der Waals surface area contributed by atoms with Crippen LogP contribution in [0.1, 0.15) is 22.9 Å². The van der Waals surface area contributed by atoms with Crippen LogP contribution in [0.15, 0.2) is 34.9 Å². The van der Waals surface area contributed by atoms with E-state index in [1.807, 2.05) is 0 Å². The van der Waals surface area contributed by atoms with Gasteiger partial charge in [0.25, 0.3) is 0 Å². The Morgan fingerprint density at radius 3 is 2.72 bits per heavy atom. The molecule has 1 atom stereocenters. The molecule has 0 amide bonds. The van der Waals surface area contributed by atoms with Crippen LogP contribution in [0.25, 0.3) is 0 Å². The van der Waals surface area contributed by atoms with E-state index in [1.165, 1.54) is 18.4 Å². The normalized spacial score (nSPS) is 12.7. The summed E-state index contributed by atoms with van der Waals surface area (Å²) in [5.74, 6) is 4.48. The van der Waals surface area contributed by atoms with Crippen LogP contribution in [0.3, 0.4) is 0 Å². The Morgan fingerprint density at radius 2 is 2.11 bits per heavy atom. The van der Waals surface area contributed by atoms with Gasteiger partial charge in [0.05, 0.1) is 12.3 Å². The average molecular weight is 252 g/mol. The second kappa shape index (κ2) is 5.29. The molecule has 0 saturated heterocycles. The van der Waals surface area contributed by atoms with Gasteiger partial charge in [0.2, 0.25) is 0 Å². The van der Waals surface area contributed by atoms with E-state index in [0.717, 1.165) is 11.6 Å². The molecular formula is C13H14F2N2O. The number of benzene rings is 1. The van der Waals surface area contributed by atoms with E-state index < -0.39 is 11.6 Å². The molecule has 3 N–H and O–H groups in total. The summed E-state index contributed by atoms with van der Waals surface area (Å²) in [6.45, 7) is 1.79. The second-order valence-electron chi connectivity index (χ2n) is 4.07. The monoisotopic (exact) mass is 252 g/mol. The highest BCUT2D eigenvalue weighted by Gasteiger charge is 2.18. The number of hydrogen-bond donors (Lipinski definition) is 2. The van der Waals surface area contributed by atoms with Crippen molar-refractivity contribution < 1.29 is 13.2 Å². The van der Waals surface area contributed by atoms with E-state index in [9.17, 15) is 8.78 Å². The predicted octanol–water partition coefficient (Wildman–Crippen LogP) is 2.61. The topological polar surface area (TPSA) is 51.2 Å². The van der Waals surface area contributed by atoms with E-state index >= 15 is 0 Å². The average Bonchev–Trinajstić information content (AvgIpc) is 2.77. The van der Waals surface area contributed by atoms with Gasteiger partial charge in [-0.1, -0.05) is 12.1 Å². The van der Waals surface area contributed by atoms with E-state index in [-0.39, 0.29) is 18.0 Å². The lowest BCUT2D eigenvalue weighted by molar-refractivity contribution is 0.473. The molecule has 2 rings (SSSR count). The van der Waals surface area contributed by atoms with Crippen molar-refractivity contribution in [3.8, 4) is 0 Å². The third kappa shape index (κ3) is 2.42. The van der Waals surface area contributed by atoms with Crippen molar-refractivity contribution in [1.29, 1.82) is 0 Å². The number of hydrazine groups is 1. The third-order valence-corrected chi connectivity index (χ3v) is 2.93. The van der Waals surface area contributed by atoms with E-state index in [4.69, 9.17) is 10.3 Å². The van der Waals surface area contributed by atoms with Gasteiger partial charge in [-0.3, -0.25) is 11.3 Å². The fraction of sp³-hybridized carbons (Fsp3) is 0.231. The molecule has 96 valence electrons. The Hall–Kier alpha value is -1.72. The summed E-state index contributed by atoms with van der Waals surface area (Å²) in [4.78, 5) is 0. The maximum absolute atomic E-state index is 13.6. The summed E-state index contributed by atoms with van der Waals surface area (Å²) in [5.41, 5.74) is 3.70. The summed E-state index contributed by atoms with van der Waals surface area (Å²) >= 11 is 0. The highest BCUT2D eigenvalue weighted by molar-refractivity contribution is 5.26. The zero-order valence-electron chi connectivity index (χ0n) is 9.91. The Bertz CT molecular complexity index is 540. The molecule has 0 aliphatic heterocycles. The molecule has 0 saturated carbocycles. The fourth-order valence-corrected chi connectivity index (χ4v) is 1.94. The second-order valence-corrected chi connectivity index (χ2v) is 4.07. The van der Waals surface area contributed by atoms with Gasteiger partial charge in [0.1, 0.15) is 5.76 Å². The number of furan rings is 1. The van der Waals surface area contributed by atoms with E-state index in [1.54, 1.807) is 13.0 Å². The Balaban J connectivity index is 2.26. The van der Waals surface area contributed by atoms with Crippen molar-refractivity contribution in [1.82, 2.24) is 5.43 Å². The molecule has 18 heavy (non-hydrogen) atoms. The molecule has 0 radical (unpaired) electrons. The molecular weight excluding hydrogens is 238 g/mol. The molecule has 2 aromatic rings. The van der Waals surface area contributed by atoms with Crippen LogP contribution in [-0.4, -0.2) is 0 Å². The van der Waals surface area contributed by atoms with Crippen LogP contribution in [0.5, 0.6) is 0 Å². The quantitative estimate of drug-likeness (QED) is 0.649. The minimum atomic E-state index is -0.854. The van der Waals surface area contributed by atoms with E-state index in [0.29, 0.717) is 5.76 Å². The van der Waals surface area contributed by atoms with Gasteiger partial charge in [-0.2, -0.15) is 0 Å². The van der Waals surface area contributed by atoms with Crippen LogP contribution in [0.4, 0.5) is 8.78 Å². The Kier molecular flexibility index (Phi) is 3.74. The first-order valence-electron chi connectivity index (χ1n) is 5.56. The lowest BCUT2D eigenvalue weighted by Crippen LogP contribution is -2.30. The number of nitrogens with two attached hydrogens (primary N) is 1. The van der Waals surface area contributed by atoms with Gasteiger partial charge in [-0.05, 0) is 31.0 Å². The van der Waals surface area contributed by atoms with Crippen molar-refractivity contribution in [3.05, 3.63) is 59.1 Å².